The molecule has 6 nitrogen and oxygen atoms in total. The van der Waals surface area contributed by atoms with Crippen molar-refractivity contribution in [2.75, 3.05) is 13.2 Å². The predicted octanol–water partition coefficient (Wildman–Crippen LogP) is 19.1. The number of ether oxygens (including phenoxy) is 1. The molecule has 0 aliphatic carbocycles. The lowest BCUT2D eigenvalue weighted by molar-refractivity contribution is -0.143. The van der Waals surface area contributed by atoms with Gasteiger partial charge in [-0.3, -0.25) is 9.59 Å². The molecular weight excluding hydrogens is 863 g/mol. The Hall–Kier alpha value is -2.44. The summed E-state index contributed by atoms with van der Waals surface area (Å²) < 4.78 is 5.47. The van der Waals surface area contributed by atoms with Gasteiger partial charge in [-0.15, -0.1) is 0 Å². The maximum atomic E-state index is 12.4. The fourth-order valence-electron chi connectivity index (χ4n) is 9.05. The summed E-state index contributed by atoms with van der Waals surface area (Å²) in [7, 11) is 0. The summed E-state index contributed by atoms with van der Waals surface area (Å²) in [5.74, 6) is -0.0776. The maximum Gasteiger partial charge on any atom is 0.305 e. The van der Waals surface area contributed by atoms with E-state index in [0.717, 1.165) is 57.8 Å². The molecule has 0 aromatic heterocycles. The number of allylic oxidation sites excluding steroid dienone is 9. The minimum atomic E-state index is -0.846. The van der Waals surface area contributed by atoms with Crippen LogP contribution in [0.1, 0.15) is 309 Å². The number of hydrogen-bond acceptors (Lipinski definition) is 5. The number of rotatable bonds is 56. The van der Waals surface area contributed by atoms with Crippen molar-refractivity contribution >= 4 is 11.9 Å². The van der Waals surface area contributed by atoms with Crippen molar-refractivity contribution < 1.29 is 24.5 Å². The summed E-state index contributed by atoms with van der Waals surface area (Å²) in [5.41, 5.74) is 0. The number of aliphatic hydroxyl groups excluding tert-OH is 2. The van der Waals surface area contributed by atoms with E-state index in [9.17, 15) is 19.8 Å². The lowest BCUT2D eigenvalue weighted by Crippen LogP contribution is -2.45. The first-order valence-electron chi connectivity index (χ1n) is 30.6. The van der Waals surface area contributed by atoms with Crippen LogP contribution >= 0.6 is 0 Å². The Morgan fingerprint density at radius 2 is 0.714 bits per heavy atom. The number of hydrogen-bond donors (Lipinski definition) is 3. The first-order chi connectivity index (χ1) is 34.5. The summed E-state index contributed by atoms with van der Waals surface area (Å²) in [6.45, 7) is 4.85. The van der Waals surface area contributed by atoms with Gasteiger partial charge in [0.1, 0.15) is 0 Å². The van der Waals surface area contributed by atoms with Gasteiger partial charge in [0.2, 0.25) is 5.91 Å². The van der Waals surface area contributed by atoms with Gasteiger partial charge in [0.05, 0.1) is 25.4 Å². The van der Waals surface area contributed by atoms with Crippen molar-refractivity contribution in [3.05, 3.63) is 60.8 Å². The number of esters is 1. The first kappa shape index (κ1) is 67.6. The van der Waals surface area contributed by atoms with Crippen LogP contribution < -0.4 is 5.32 Å². The molecule has 0 aromatic carbocycles. The van der Waals surface area contributed by atoms with Crippen LogP contribution in [0.5, 0.6) is 0 Å². The minimum Gasteiger partial charge on any atom is -0.466 e. The van der Waals surface area contributed by atoms with Crippen LogP contribution in [0.15, 0.2) is 60.8 Å². The second kappa shape index (κ2) is 59.1. The van der Waals surface area contributed by atoms with Crippen molar-refractivity contribution in [1.82, 2.24) is 5.32 Å². The third-order valence-corrected chi connectivity index (χ3v) is 13.8. The van der Waals surface area contributed by atoms with Gasteiger partial charge in [-0.1, -0.05) is 261 Å². The molecule has 0 radical (unpaired) electrons. The van der Waals surface area contributed by atoms with Crippen LogP contribution in [-0.2, 0) is 14.3 Å². The Kier molecular flexibility index (Phi) is 57.1. The number of nitrogens with one attached hydrogen (secondary N) is 1. The van der Waals surface area contributed by atoms with Crippen LogP contribution in [0.3, 0.4) is 0 Å². The summed E-state index contributed by atoms with van der Waals surface area (Å²) in [4.78, 5) is 24.5. The molecule has 0 spiro atoms. The van der Waals surface area contributed by atoms with Gasteiger partial charge in [-0.25, -0.2) is 0 Å². The van der Waals surface area contributed by atoms with Gasteiger partial charge in [0.25, 0.3) is 0 Å². The number of carbonyl (C=O) groups is 2. The fraction of sp³-hybridized carbons (Fsp3) is 0.812. The number of amides is 1. The van der Waals surface area contributed by atoms with Gasteiger partial charge in [0.15, 0.2) is 0 Å². The molecule has 0 saturated heterocycles. The number of unbranched alkanes of at least 4 members (excludes halogenated alkanes) is 37. The van der Waals surface area contributed by atoms with Crippen molar-refractivity contribution in [3.63, 3.8) is 0 Å². The van der Waals surface area contributed by atoms with E-state index in [1.807, 2.05) is 6.08 Å². The average molecular weight is 981 g/mol. The van der Waals surface area contributed by atoms with Crippen molar-refractivity contribution in [2.24, 2.45) is 0 Å². The van der Waals surface area contributed by atoms with Gasteiger partial charge in [-0.05, 0) is 96.3 Å². The van der Waals surface area contributed by atoms with Crippen LogP contribution in [0.4, 0.5) is 0 Å². The van der Waals surface area contributed by atoms with Crippen molar-refractivity contribution in [3.8, 4) is 0 Å². The van der Waals surface area contributed by atoms with E-state index < -0.39 is 12.1 Å². The van der Waals surface area contributed by atoms with Crippen molar-refractivity contribution in [1.29, 1.82) is 0 Å². The first-order valence-corrected chi connectivity index (χ1v) is 30.6. The summed E-state index contributed by atoms with van der Waals surface area (Å²) in [5, 5.41) is 23.0. The Balaban J connectivity index is 3.43. The zero-order chi connectivity index (χ0) is 50.7. The molecule has 0 aliphatic heterocycles. The second-order valence-electron chi connectivity index (χ2n) is 20.7. The molecule has 0 aromatic rings. The standard InChI is InChI=1S/C64H117NO5/c1-3-5-7-9-11-13-15-16-30-34-38-42-46-50-54-58-64(69)70-59-55-51-47-43-39-35-32-29-27-25-23-21-19-17-18-20-22-24-26-28-31-33-37-41-45-49-53-57-63(68)65-61(60-66)62(67)56-52-48-44-40-36-14-12-10-8-6-4-2/h11,13,16-18,21,23,30,52,56,61-62,66-67H,3-10,12,14-15,19-20,22,24-29,31-51,53-55,57-60H2,1-2H3,(H,65,68)/b13-11-,18-17-,23-21-,30-16-,56-52+. The molecule has 2 unspecified atom stereocenters. The normalized spacial score (nSPS) is 13.0. The topological polar surface area (TPSA) is 95.9 Å². The third kappa shape index (κ3) is 54.9. The predicted molar refractivity (Wildman–Crippen MR) is 305 cm³/mol. The maximum absolute atomic E-state index is 12.4. The fourth-order valence-corrected chi connectivity index (χ4v) is 9.05. The highest BCUT2D eigenvalue weighted by atomic mass is 16.5. The van der Waals surface area contributed by atoms with E-state index >= 15 is 0 Å². The Morgan fingerprint density at radius 3 is 1.11 bits per heavy atom. The Bertz CT molecular complexity index is 1220. The monoisotopic (exact) mass is 980 g/mol. The molecule has 0 fully saturated rings. The highest BCUT2D eigenvalue weighted by Crippen LogP contribution is 2.16. The molecule has 2 atom stereocenters. The van der Waals surface area contributed by atoms with Crippen LogP contribution in [-0.4, -0.2) is 47.4 Å². The van der Waals surface area contributed by atoms with Gasteiger partial charge in [0, 0.05) is 12.8 Å². The van der Waals surface area contributed by atoms with E-state index in [4.69, 9.17) is 4.74 Å². The van der Waals surface area contributed by atoms with E-state index in [1.165, 1.54) is 225 Å². The molecule has 6 heteroatoms. The van der Waals surface area contributed by atoms with Gasteiger partial charge < -0.3 is 20.3 Å². The Morgan fingerprint density at radius 1 is 0.400 bits per heavy atom. The summed E-state index contributed by atoms with van der Waals surface area (Å²) in [6, 6.07) is -0.630. The van der Waals surface area contributed by atoms with E-state index in [2.05, 4.69) is 67.8 Å². The SMILES string of the molecule is CCCCC/C=C\C/C=C\CCCCCCCC(=O)OCCCCCCCCCCC/C=C\C/C=C\CCCCCCCCCCCCCC(=O)NC(CO)C(O)/C=C/CCCCCCCCCCC. The second-order valence-corrected chi connectivity index (χ2v) is 20.7. The summed E-state index contributed by atoms with van der Waals surface area (Å²) >= 11 is 0. The molecule has 0 bridgehead atoms. The van der Waals surface area contributed by atoms with Gasteiger partial charge >= 0.3 is 5.97 Å². The van der Waals surface area contributed by atoms with E-state index in [-0.39, 0.29) is 18.5 Å². The smallest absolute Gasteiger partial charge is 0.305 e. The largest absolute Gasteiger partial charge is 0.466 e. The molecule has 3 N–H and O–H groups in total. The zero-order valence-corrected chi connectivity index (χ0v) is 46.5. The quantitative estimate of drug-likeness (QED) is 0.0321. The lowest BCUT2D eigenvalue weighted by Gasteiger charge is -2.20. The van der Waals surface area contributed by atoms with Crippen LogP contribution in [0.2, 0.25) is 0 Å². The third-order valence-electron chi connectivity index (χ3n) is 13.8. The highest BCUT2D eigenvalue weighted by molar-refractivity contribution is 5.76. The molecular formula is C64H117NO5. The minimum absolute atomic E-state index is 0.00454. The average Bonchev–Trinajstić information content (AvgIpc) is 3.36. The van der Waals surface area contributed by atoms with E-state index in [1.54, 1.807) is 6.08 Å². The van der Waals surface area contributed by atoms with Crippen LogP contribution in [0.25, 0.3) is 0 Å². The molecule has 0 heterocycles. The van der Waals surface area contributed by atoms with Crippen molar-refractivity contribution in [2.45, 2.75) is 321 Å². The number of carbonyl (C=O) groups excluding carboxylic acids is 2. The number of aliphatic hydroxyl groups is 2. The molecule has 70 heavy (non-hydrogen) atoms. The van der Waals surface area contributed by atoms with Gasteiger partial charge in [-0.2, -0.15) is 0 Å². The van der Waals surface area contributed by atoms with Crippen LogP contribution in [0, 0.1) is 0 Å². The molecule has 0 aliphatic rings. The highest BCUT2D eigenvalue weighted by Gasteiger charge is 2.18. The molecule has 1 amide bonds. The Labute approximate surface area is 435 Å². The lowest BCUT2D eigenvalue weighted by atomic mass is 10.0. The zero-order valence-electron chi connectivity index (χ0n) is 46.5. The molecule has 0 rings (SSSR count). The summed E-state index contributed by atoms with van der Waals surface area (Å²) in [6.07, 6.45) is 76.9. The van der Waals surface area contributed by atoms with E-state index in [0.29, 0.717) is 19.4 Å². The molecule has 408 valence electrons. The molecule has 0 saturated carbocycles.